The molecule has 0 spiro atoms. The quantitative estimate of drug-likeness (QED) is 0.180. The van der Waals surface area contributed by atoms with Gasteiger partial charge in [-0.2, -0.15) is 0 Å². The largest absolute Gasteiger partial charge is 0.493 e. The van der Waals surface area contributed by atoms with Crippen LogP contribution in [0.4, 0.5) is 9.18 Å². The maximum absolute atomic E-state index is 14.9. The number of aromatic nitrogens is 1. The van der Waals surface area contributed by atoms with Crippen LogP contribution in [0.5, 0.6) is 5.75 Å². The van der Waals surface area contributed by atoms with Crippen molar-refractivity contribution < 1.29 is 37.7 Å². The number of fused-ring (bicyclic) bond motifs is 1. The number of carbonyl (C=O) groups is 3. The molecule has 14 heteroatoms. The highest BCUT2D eigenvalue weighted by Crippen LogP contribution is 2.31. The Labute approximate surface area is 295 Å². The van der Waals surface area contributed by atoms with Gasteiger partial charge in [0.05, 0.1) is 19.1 Å². The third kappa shape index (κ3) is 10.5. The lowest BCUT2D eigenvalue weighted by Gasteiger charge is -2.40. The van der Waals surface area contributed by atoms with Crippen molar-refractivity contribution in [3.8, 4) is 5.75 Å². The number of methoxy groups -OCH3 is 2. The maximum Gasteiger partial charge on any atom is 0.410 e. The average Bonchev–Trinajstić information content (AvgIpc) is 3.88. The Bertz CT molecular complexity index is 1370. The minimum absolute atomic E-state index is 0. The standard InChI is InChI=1S/C34H49FN4O7.2ClH/c1-22(2)39(31(40)28-19-29(45-18-8-17-43-5)26-9-7-10-27(35)30(26)37-28)25-12-11-23(36-20-25)15-16-38(24-13-14-24)33(42)46-21-34(3,4)32(41)44-6;;/h7,9-10,19,22-25,36H,8,11-18,20-21H2,1-6H3;2*1H/t23-,25-;;/m1../s1. The smallest absolute Gasteiger partial charge is 0.410 e. The molecular weight excluding hydrogens is 666 g/mol. The van der Waals surface area contributed by atoms with Crippen LogP contribution >= 0.6 is 24.8 Å². The number of halogens is 3. The highest BCUT2D eigenvalue weighted by molar-refractivity contribution is 5.97. The zero-order valence-corrected chi connectivity index (χ0v) is 30.4. The first-order valence-electron chi connectivity index (χ1n) is 16.3. The van der Waals surface area contributed by atoms with Crippen molar-refractivity contribution in [2.24, 2.45) is 5.41 Å². The number of nitrogens with one attached hydrogen (secondary N) is 1. The molecule has 48 heavy (non-hydrogen) atoms. The summed E-state index contributed by atoms with van der Waals surface area (Å²) in [4.78, 5) is 46.9. The number of rotatable bonds is 15. The predicted molar refractivity (Wildman–Crippen MR) is 186 cm³/mol. The Morgan fingerprint density at radius 2 is 1.77 bits per heavy atom. The Balaban J connectivity index is 0.00000400. The highest BCUT2D eigenvalue weighted by atomic mass is 35.5. The summed E-state index contributed by atoms with van der Waals surface area (Å²) in [6.45, 7) is 9.26. The van der Waals surface area contributed by atoms with Crippen molar-refractivity contribution in [1.29, 1.82) is 0 Å². The number of piperidine rings is 1. The third-order valence-electron chi connectivity index (χ3n) is 8.63. The summed E-state index contributed by atoms with van der Waals surface area (Å²) in [5, 5.41) is 4.10. The minimum atomic E-state index is -0.922. The number of nitrogens with zero attached hydrogens (tertiary/aromatic N) is 3. The average molecular weight is 718 g/mol. The second-order valence-corrected chi connectivity index (χ2v) is 13.1. The Kier molecular flexibility index (Phi) is 16.1. The fourth-order valence-electron chi connectivity index (χ4n) is 5.90. The molecule has 2 fully saturated rings. The summed E-state index contributed by atoms with van der Waals surface area (Å²) in [7, 11) is 2.94. The van der Waals surface area contributed by atoms with E-state index in [2.05, 4.69) is 10.3 Å². The van der Waals surface area contributed by atoms with Crippen LogP contribution in [0, 0.1) is 11.2 Å². The summed E-state index contributed by atoms with van der Waals surface area (Å²) in [5.41, 5.74) is -0.675. The van der Waals surface area contributed by atoms with Crippen LogP contribution in [0.25, 0.3) is 10.9 Å². The summed E-state index contributed by atoms with van der Waals surface area (Å²) in [6.07, 6.45) is 4.44. The number of carbonyl (C=O) groups excluding carboxylic acids is 3. The molecule has 1 aromatic carbocycles. The first-order chi connectivity index (χ1) is 22.0. The van der Waals surface area contributed by atoms with Gasteiger partial charge in [-0.1, -0.05) is 6.07 Å². The first kappa shape index (κ1) is 41.2. The predicted octanol–water partition coefficient (Wildman–Crippen LogP) is 5.79. The van der Waals surface area contributed by atoms with E-state index in [1.165, 1.54) is 13.2 Å². The van der Waals surface area contributed by atoms with Crippen molar-refractivity contribution in [2.45, 2.75) is 90.4 Å². The van der Waals surface area contributed by atoms with E-state index >= 15 is 0 Å². The van der Waals surface area contributed by atoms with Gasteiger partial charge in [0.2, 0.25) is 0 Å². The van der Waals surface area contributed by atoms with Gasteiger partial charge >= 0.3 is 12.1 Å². The van der Waals surface area contributed by atoms with E-state index < -0.39 is 23.3 Å². The lowest BCUT2D eigenvalue weighted by Crippen LogP contribution is -2.54. The zero-order chi connectivity index (χ0) is 33.4. The van der Waals surface area contributed by atoms with E-state index in [1.54, 1.807) is 44.1 Å². The normalized spacial score (nSPS) is 17.6. The minimum Gasteiger partial charge on any atom is -0.493 e. The van der Waals surface area contributed by atoms with Crippen molar-refractivity contribution in [1.82, 2.24) is 20.1 Å². The second-order valence-electron chi connectivity index (χ2n) is 13.1. The monoisotopic (exact) mass is 716 g/mol. The molecule has 1 aliphatic heterocycles. The van der Waals surface area contributed by atoms with Crippen LogP contribution in [0.3, 0.4) is 0 Å². The molecule has 4 rings (SSSR count). The van der Waals surface area contributed by atoms with Gasteiger partial charge in [-0.15, -0.1) is 24.8 Å². The van der Waals surface area contributed by atoms with Gasteiger partial charge in [-0.05, 0) is 71.9 Å². The molecule has 2 aliphatic rings. The number of hydrogen-bond acceptors (Lipinski definition) is 9. The number of hydrogen-bond donors (Lipinski definition) is 1. The second kappa shape index (κ2) is 18.7. The zero-order valence-electron chi connectivity index (χ0n) is 28.8. The Morgan fingerprint density at radius 3 is 2.38 bits per heavy atom. The Hall–Kier alpha value is -2.93. The Morgan fingerprint density at radius 1 is 1.06 bits per heavy atom. The molecular formula is C34H51Cl2FN4O7. The number of pyridine rings is 1. The molecule has 0 bridgehead atoms. The van der Waals surface area contributed by atoms with Crippen molar-refractivity contribution in [3.63, 3.8) is 0 Å². The van der Waals surface area contributed by atoms with E-state index in [1.807, 2.05) is 18.7 Å². The van der Waals surface area contributed by atoms with E-state index in [9.17, 15) is 18.8 Å². The molecule has 2 atom stereocenters. The van der Waals surface area contributed by atoms with Crippen molar-refractivity contribution >= 4 is 53.7 Å². The van der Waals surface area contributed by atoms with Crippen LogP contribution < -0.4 is 10.1 Å². The number of ether oxygens (including phenoxy) is 4. The lowest BCUT2D eigenvalue weighted by molar-refractivity contribution is -0.153. The lowest BCUT2D eigenvalue weighted by atomic mass is 9.95. The van der Waals surface area contributed by atoms with Crippen LogP contribution in [-0.4, -0.2) is 104 Å². The molecule has 2 amide bonds. The SMILES string of the molecule is COCCCOc1cc(C(=O)N(C(C)C)[C@@H]2CC[C@H](CCN(C(=O)OCC(C)(C)C(=O)OC)C3CC3)NC2)nc2c(F)cccc12.Cl.Cl. The fraction of sp³-hybridized carbons (Fsp3) is 0.647. The molecule has 1 aliphatic carbocycles. The summed E-state index contributed by atoms with van der Waals surface area (Å²) in [5.74, 6) is -0.793. The van der Waals surface area contributed by atoms with Crippen LogP contribution in [0.15, 0.2) is 24.3 Å². The van der Waals surface area contributed by atoms with Gasteiger partial charge in [-0.25, -0.2) is 14.2 Å². The van der Waals surface area contributed by atoms with Gasteiger partial charge in [-0.3, -0.25) is 9.59 Å². The molecule has 2 aromatic rings. The summed E-state index contributed by atoms with van der Waals surface area (Å²) in [6, 6.07) is 6.41. The summed E-state index contributed by atoms with van der Waals surface area (Å²) < 4.78 is 36.3. The van der Waals surface area contributed by atoms with Crippen LogP contribution in [0.2, 0.25) is 0 Å². The number of amides is 2. The van der Waals surface area contributed by atoms with Crippen molar-refractivity contribution in [2.75, 3.05) is 47.1 Å². The molecule has 0 radical (unpaired) electrons. The number of esters is 1. The van der Waals surface area contributed by atoms with E-state index in [-0.39, 0.29) is 72.7 Å². The molecule has 2 heterocycles. The molecule has 0 unspecified atom stereocenters. The molecule has 270 valence electrons. The van der Waals surface area contributed by atoms with Gasteiger partial charge in [0, 0.05) is 68.8 Å². The molecule has 1 aromatic heterocycles. The summed E-state index contributed by atoms with van der Waals surface area (Å²) >= 11 is 0. The molecule has 11 nitrogen and oxygen atoms in total. The molecule has 1 N–H and O–H groups in total. The number of para-hydroxylation sites is 1. The van der Waals surface area contributed by atoms with Gasteiger partial charge in [0.15, 0.2) is 0 Å². The van der Waals surface area contributed by atoms with Crippen molar-refractivity contribution in [3.05, 3.63) is 35.8 Å². The number of benzene rings is 1. The topological polar surface area (TPSA) is 120 Å². The molecule has 1 saturated carbocycles. The van der Waals surface area contributed by atoms with Gasteiger partial charge in [0.25, 0.3) is 5.91 Å². The fourth-order valence-corrected chi connectivity index (χ4v) is 5.90. The van der Waals surface area contributed by atoms with Gasteiger partial charge in [0.1, 0.15) is 29.4 Å². The van der Waals surface area contributed by atoms with Crippen LogP contribution in [-0.2, 0) is 19.0 Å². The van der Waals surface area contributed by atoms with E-state index in [0.717, 1.165) is 32.1 Å². The van der Waals surface area contributed by atoms with E-state index in [0.29, 0.717) is 43.9 Å². The maximum atomic E-state index is 14.9. The molecule has 1 saturated heterocycles. The van der Waals surface area contributed by atoms with Crippen LogP contribution in [0.1, 0.15) is 76.7 Å². The highest BCUT2D eigenvalue weighted by Gasteiger charge is 2.37. The van der Waals surface area contributed by atoms with E-state index in [4.69, 9.17) is 18.9 Å². The third-order valence-corrected chi connectivity index (χ3v) is 8.63. The van der Waals surface area contributed by atoms with Gasteiger partial charge < -0.3 is 34.1 Å². The first-order valence-corrected chi connectivity index (χ1v) is 16.3.